The van der Waals surface area contributed by atoms with Crippen LogP contribution in [0.3, 0.4) is 0 Å². The normalized spacial score (nSPS) is 20.6. The van der Waals surface area contributed by atoms with Crippen LogP contribution in [-0.2, 0) is 16.6 Å². The molecule has 2 N–H and O–H groups in total. The highest BCUT2D eigenvalue weighted by molar-refractivity contribution is 5.91. The molecule has 3 nitrogen and oxygen atoms in total. The lowest BCUT2D eigenvalue weighted by Crippen LogP contribution is -2.51. The molecule has 0 aliphatic carbocycles. The van der Waals surface area contributed by atoms with Crippen molar-refractivity contribution in [2.75, 3.05) is 26.7 Å². The average molecular weight is 442 g/mol. The van der Waals surface area contributed by atoms with E-state index < -0.39 is 5.41 Å². The van der Waals surface area contributed by atoms with E-state index in [9.17, 15) is 4.79 Å². The maximum Gasteiger partial charge on any atom is 0.233 e. The summed E-state index contributed by atoms with van der Waals surface area (Å²) in [6.07, 6.45) is 5.85. The summed E-state index contributed by atoms with van der Waals surface area (Å²) >= 11 is 0. The number of likely N-dealkylation sites (tertiary alicyclic amines) is 1. The maximum atomic E-state index is 13.3. The van der Waals surface area contributed by atoms with Crippen LogP contribution in [0.15, 0.2) is 91.0 Å². The molecule has 1 heterocycles. The minimum Gasteiger partial charge on any atom is -0.369 e. The zero-order valence-corrected chi connectivity index (χ0v) is 19.8. The van der Waals surface area contributed by atoms with Crippen molar-refractivity contribution in [3.05, 3.63) is 108 Å². The minimum atomic E-state index is -0.786. The van der Waals surface area contributed by atoms with Crippen LogP contribution in [0.5, 0.6) is 0 Å². The molecule has 33 heavy (non-hydrogen) atoms. The molecule has 0 aromatic heterocycles. The number of nitrogens with zero attached hydrogens (tertiary/aromatic N) is 1. The predicted octanol–water partition coefficient (Wildman–Crippen LogP) is 5.34. The van der Waals surface area contributed by atoms with Crippen LogP contribution in [0, 0.1) is 5.92 Å². The van der Waals surface area contributed by atoms with E-state index in [1.165, 1.54) is 24.8 Å². The first-order valence-electron chi connectivity index (χ1n) is 12.3. The van der Waals surface area contributed by atoms with Crippen LogP contribution in [-0.4, -0.2) is 37.1 Å². The number of aryl methyl sites for hydroxylation is 1. The summed E-state index contributed by atoms with van der Waals surface area (Å²) in [6, 6.07) is 31.1. The Morgan fingerprint density at radius 2 is 1.39 bits per heavy atom. The molecule has 3 heteroatoms. The lowest BCUT2D eigenvalue weighted by Gasteiger charge is -2.38. The number of nitrogens with two attached hydrogens (primary N) is 1. The fourth-order valence-electron chi connectivity index (χ4n) is 5.91. The molecule has 0 radical (unpaired) electrons. The highest BCUT2D eigenvalue weighted by Gasteiger charge is 2.53. The van der Waals surface area contributed by atoms with E-state index in [-0.39, 0.29) is 11.8 Å². The maximum absolute atomic E-state index is 13.3. The number of amides is 1. The SMILES string of the molecule is C[N+]1(CCCCCc2ccccc2)CCC(C(C(N)=O)(c2ccccc2)c2ccccc2)C1. The van der Waals surface area contributed by atoms with Crippen molar-refractivity contribution in [1.82, 2.24) is 0 Å². The Kier molecular flexibility index (Phi) is 7.29. The summed E-state index contributed by atoms with van der Waals surface area (Å²) in [5.41, 5.74) is 8.93. The number of benzene rings is 3. The zero-order chi connectivity index (χ0) is 23.2. The molecule has 0 spiro atoms. The van der Waals surface area contributed by atoms with E-state index in [0.717, 1.165) is 48.1 Å². The van der Waals surface area contributed by atoms with Gasteiger partial charge in [-0.1, -0.05) is 91.0 Å². The van der Waals surface area contributed by atoms with Gasteiger partial charge < -0.3 is 10.2 Å². The Morgan fingerprint density at radius 3 is 1.94 bits per heavy atom. The van der Waals surface area contributed by atoms with Gasteiger partial charge in [-0.15, -0.1) is 0 Å². The van der Waals surface area contributed by atoms with E-state index in [1.54, 1.807) is 0 Å². The second-order valence-electron chi connectivity index (χ2n) is 9.94. The molecule has 1 amide bonds. The van der Waals surface area contributed by atoms with Crippen LogP contribution in [0.2, 0.25) is 0 Å². The molecule has 1 aliphatic heterocycles. The van der Waals surface area contributed by atoms with Gasteiger partial charge in [-0.05, 0) is 42.4 Å². The number of unbranched alkanes of at least 4 members (excludes halogenated alkanes) is 2. The monoisotopic (exact) mass is 441 g/mol. The van der Waals surface area contributed by atoms with E-state index in [1.807, 2.05) is 36.4 Å². The molecule has 172 valence electrons. The van der Waals surface area contributed by atoms with Gasteiger partial charge in [-0.2, -0.15) is 0 Å². The lowest BCUT2D eigenvalue weighted by atomic mass is 9.64. The van der Waals surface area contributed by atoms with Crippen molar-refractivity contribution >= 4 is 5.91 Å². The highest BCUT2D eigenvalue weighted by atomic mass is 16.1. The van der Waals surface area contributed by atoms with Crippen molar-refractivity contribution in [3.8, 4) is 0 Å². The van der Waals surface area contributed by atoms with E-state index >= 15 is 0 Å². The van der Waals surface area contributed by atoms with Crippen LogP contribution in [0.1, 0.15) is 42.4 Å². The number of quaternary nitrogens is 1. The molecule has 0 bridgehead atoms. The molecular weight excluding hydrogens is 404 g/mol. The molecule has 2 atom stereocenters. The first-order chi connectivity index (χ1) is 16.0. The van der Waals surface area contributed by atoms with Gasteiger partial charge in [0.1, 0.15) is 5.41 Å². The number of hydrogen-bond acceptors (Lipinski definition) is 1. The summed E-state index contributed by atoms with van der Waals surface area (Å²) in [5, 5.41) is 0. The van der Waals surface area contributed by atoms with Gasteiger partial charge in [0, 0.05) is 12.3 Å². The van der Waals surface area contributed by atoms with Gasteiger partial charge in [0.05, 0.1) is 26.7 Å². The van der Waals surface area contributed by atoms with Gasteiger partial charge in [0.2, 0.25) is 5.91 Å². The van der Waals surface area contributed by atoms with Gasteiger partial charge in [0.15, 0.2) is 0 Å². The van der Waals surface area contributed by atoms with Crippen LogP contribution in [0.25, 0.3) is 0 Å². The molecule has 4 rings (SSSR count). The van der Waals surface area contributed by atoms with E-state index in [2.05, 4.69) is 61.6 Å². The molecule has 1 fully saturated rings. The third-order valence-corrected chi connectivity index (χ3v) is 7.64. The van der Waals surface area contributed by atoms with Crippen molar-refractivity contribution in [3.63, 3.8) is 0 Å². The van der Waals surface area contributed by atoms with Crippen molar-refractivity contribution in [1.29, 1.82) is 0 Å². The first kappa shape index (κ1) is 23.3. The fourth-order valence-corrected chi connectivity index (χ4v) is 5.91. The zero-order valence-electron chi connectivity index (χ0n) is 19.8. The molecule has 0 saturated carbocycles. The van der Waals surface area contributed by atoms with Gasteiger partial charge in [0.25, 0.3) is 0 Å². The molecule has 3 aromatic carbocycles. The molecule has 1 saturated heterocycles. The minimum absolute atomic E-state index is 0.189. The van der Waals surface area contributed by atoms with Crippen molar-refractivity contribution in [2.24, 2.45) is 11.7 Å². The molecule has 3 aromatic rings. The summed E-state index contributed by atoms with van der Waals surface area (Å²) in [6.45, 7) is 3.23. The molecular formula is C30H37N2O+. The van der Waals surface area contributed by atoms with Crippen molar-refractivity contribution < 1.29 is 9.28 Å². The summed E-state index contributed by atoms with van der Waals surface area (Å²) in [5.74, 6) is -0.0460. The lowest BCUT2D eigenvalue weighted by molar-refractivity contribution is -0.899. The third-order valence-electron chi connectivity index (χ3n) is 7.64. The van der Waals surface area contributed by atoms with Crippen molar-refractivity contribution in [2.45, 2.75) is 37.5 Å². The van der Waals surface area contributed by atoms with Gasteiger partial charge in [-0.3, -0.25) is 4.79 Å². The Balaban J connectivity index is 1.47. The van der Waals surface area contributed by atoms with E-state index in [0.29, 0.717) is 0 Å². The summed E-state index contributed by atoms with van der Waals surface area (Å²) < 4.78 is 1.02. The fraction of sp³-hybridized carbons (Fsp3) is 0.367. The van der Waals surface area contributed by atoms with Crippen LogP contribution < -0.4 is 5.73 Å². The van der Waals surface area contributed by atoms with Crippen LogP contribution >= 0.6 is 0 Å². The second kappa shape index (κ2) is 10.4. The Labute approximate surface area is 198 Å². The summed E-state index contributed by atoms with van der Waals surface area (Å²) in [7, 11) is 2.36. The van der Waals surface area contributed by atoms with Gasteiger partial charge in [-0.25, -0.2) is 0 Å². The summed E-state index contributed by atoms with van der Waals surface area (Å²) in [4.78, 5) is 13.3. The number of hydrogen-bond donors (Lipinski definition) is 1. The quantitative estimate of drug-likeness (QED) is 0.335. The standard InChI is InChI=1S/C30H36N2O/c1-32(22-13-5-8-16-25-14-6-2-7-15-25)23-21-28(24-32)30(29(31)33,26-17-9-3-10-18-26)27-19-11-4-12-20-27/h2-4,6-7,9-12,14-15,17-20,28H,5,8,13,16,21-24H2,1H3,(H-,31,33)/p+1. The number of rotatable bonds is 10. The molecule has 1 aliphatic rings. The van der Waals surface area contributed by atoms with Gasteiger partial charge >= 0.3 is 0 Å². The molecule has 2 unspecified atom stereocenters. The first-order valence-corrected chi connectivity index (χ1v) is 12.3. The van der Waals surface area contributed by atoms with E-state index in [4.69, 9.17) is 5.73 Å². The topological polar surface area (TPSA) is 43.1 Å². The highest BCUT2D eigenvalue weighted by Crippen LogP contribution is 2.45. The Hall–Kier alpha value is -2.91. The Bertz CT molecular complexity index is 979. The number of carbonyl (C=O) groups is 1. The largest absolute Gasteiger partial charge is 0.369 e. The van der Waals surface area contributed by atoms with Crippen LogP contribution in [0.4, 0.5) is 0 Å². The smallest absolute Gasteiger partial charge is 0.233 e. The Morgan fingerprint density at radius 1 is 0.848 bits per heavy atom. The number of primary amides is 1. The average Bonchev–Trinajstić information content (AvgIpc) is 3.23. The second-order valence-corrected chi connectivity index (χ2v) is 9.94. The third kappa shape index (κ3) is 5.04. The number of carbonyl (C=O) groups excluding carboxylic acids is 1. The predicted molar refractivity (Wildman–Crippen MR) is 136 cm³/mol.